The summed E-state index contributed by atoms with van der Waals surface area (Å²) in [6, 6.07) is 30.1. The lowest BCUT2D eigenvalue weighted by Gasteiger charge is -2.18. The fraction of sp³-hybridized carbons (Fsp3) is 0.0938. The number of rotatable bonds is 8. The Hall–Kier alpha value is -4.86. The van der Waals surface area contributed by atoms with Gasteiger partial charge in [0.1, 0.15) is 6.04 Å². The number of hydrogen-bond acceptors (Lipinski definition) is 4. The molecule has 39 heavy (non-hydrogen) atoms. The van der Waals surface area contributed by atoms with E-state index in [2.05, 4.69) is 22.1 Å². The summed E-state index contributed by atoms with van der Waals surface area (Å²) in [5, 5.41) is 13.4. The van der Waals surface area contributed by atoms with Gasteiger partial charge < -0.3 is 15.0 Å². The van der Waals surface area contributed by atoms with Crippen LogP contribution < -0.4 is 5.32 Å². The number of imidazole rings is 1. The molecular weight excluding hydrogens is 510 g/mol. The van der Waals surface area contributed by atoms with E-state index in [0.29, 0.717) is 28.6 Å². The van der Waals surface area contributed by atoms with Gasteiger partial charge in [-0.05, 0) is 53.6 Å². The molecule has 0 radical (unpaired) electrons. The van der Waals surface area contributed by atoms with Crippen LogP contribution in [0.25, 0.3) is 11.0 Å². The number of nitrogens with one attached hydrogen (secondary N) is 1. The van der Waals surface area contributed by atoms with Crippen molar-refractivity contribution in [2.24, 2.45) is 0 Å². The number of carboxylic acid groups (broad SMARTS) is 1. The Morgan fingerprint density at radius 2 is 1.59 bits per heavy atom. The van der Waals surface area contributed by atoms with Crippen LogP contribution in [0, 0.1) is 11.8 Å². The van der Waals surface area contributed by atoms with Crippen molar-refractivity contribution in [1.29, 1.82) is 0 Å². The van der Waals surface area contributed by atoms with Gasteiger partial charge in [0.2, 0.25) is 5.28 Å². The van der Waals surface area contributed by atoms with Crippen molar-refractivity contribution in [3.8, 4) is 11.8 Å². The fourth-order valence-corrected chi connectivity index (χ4v) is 4.56. The molecule has 0 aliphatic carbocycles. The molecule has 0 aliphatic rings. The van der Waals surface area contributed by atoms with E-state index in [1.807, 2.05) is 59.2 Å². The van der Waals surface area contributed by atoms with Gasteiger partial charge in [-0.3, -0.25) is 4.79 Å². The SMILES string of the molecule is O=C(c1ccccc1)c1ccccc1N[C@@H](Cc1ccc(C#CCn2c(Cl)nc3ccccc32)cc1)C(=O)O. The molecule has 1 atom stereocenters. The molecule has 6 nitrogen and oxygen atoms in total. The molecule has 7 heteroatoms. The molecule has 0 saturated heterocycles. The van der Waals surface area contributed by atoms with Crippen LogP contribution in [0.1, 0.15) is 27.0 Å². The molecular formula is C32H24ClN3O3. The van der Waals surface area contributed by atoms with Crippen LogP contribution in [0.4, 0.5) is 5.69 Å². The maximum atomic E-state index is 13.0. The van der Waals surface area contributed by atoms with E-state index in [4.69, 9.17) is 11.6 Å². The van der Waals surface area contributed by atoms with Gasteiger partial charge in [0.05, 0.1) is 17.6 Å². The highest BCUT2D eigenvalue weighted by atomic mass is 35.5. The summed E-state index contributed by atoms with van der Waals surface area (Å²) in [7, 11) is 0. The Morgan fingerprint density at radius 1 is 0.897 bits per heavy atom. The third-order valence-corrected chi connectivity index (χ3v) is 6.60. The molecule has 5 rings (SSSR count). The molecule has 4 aromatic carbocycles. The molecule has 2 N–H and O–H groups in total. The van der Waals surface area contributed by atoms with E-state index in [1.165, 1.54) is 0 Å². The summed E-state index contributed by atoms with van der Waals surface area (Å²) >= 11 is 6.27. The predicted octanol–water partition coefficient (Wildman–Crippen LogP) is 6.08. The number of ketones is 1. The number of anilines is 1. The van der Waals surface area contributed by atoms with Gasteiger partial charge in [0.15, 0.2) is 5.78 Å². The van der Waals surface area contributed by atoms with E-state index in [9.17, 15) is 14.7 Å². The molecule has 1 heterocycles. The summed E-state index contributed by atoms with van der Waals surface area (Å²) in [4.78, 5) is 29.5. The largest absolute Gasteiger partial charge is 0.480 e. The first-order chi connectivity index (χ1) is 19.0. The standard InChI is InChI=1S/C32H24ClN3O3/c33-32-35-27-14-6-7-15-29(27)36(32)20-8-9-22-16-18-23(19-17-22)21-28(31(38)39)34-26-13-5-4-12-25(26)30(37)24-10-2-1-3-11-24/h1-7,10-19,28,34H,20-21H2,(H,38,39)/t28-/m0/s1. The van der Waals surface area contributed by atoms with Crippen molar-refractivity contribution in [1.82, 2.24) is 9.55 Å². The van der Waals surface area contributed by atoms with E-state index in [0.717, 1.165) is 22.2 Å². The maximum Gasteiger partial charge on any atom is 0.326 e. The fourth-order valence-electron chi connectivity index (χ4n) is 4.32. The number of carbonyl (C=O) groups excluding carboxylic acids is 1. The Labute approximate surface area is 230 Å². The number of carboxylic acids is 1. The van der Waals surface area contributed by atoms with Gasteiger partial charge in [-0.15, -0.1) is 0 Å². The van der Waals surface area contributed by atoms with E-state index in [1.54, 1.807) is 48.5 Å². The van der Waals surface area contributed by atoms with Gasteiger partial charge in [0.25, 0.3) is 0 Å². The van der Waals surface area contributed by atoms with Gasteiger partial charge in [-0.25, -0.2) is 9.78 Å². The average Bonchev–Trinajstić information content (AvgIpc) is 3.28. The highest BCUT2D eigenvalue weighted by Crippen LogP contribution is 2.22. The van der Waals surface area contributed by atoms with Gasteiger partial charge >= 0.3 is 5.97 Å². The van der Waals surface area contributed by atoms with Crippen molar-refractivity contribution in [3.05, 3.63) is 131 Å². The van der Waals surface area contributed by atoms with Gasteiger partial charge in [-0.2, -0.15) is 0 Å². The highest BCUT2D eigenvalue weighted by molar-refractivity contribution is 6.29. The highest BCUT2D eigenvalue weighted by Gasteiger charge is 2.21. The topological polar surface area (TPSA) is 84.2 Å². The molecule has 0 spiro atoms. The Bertz CT molecular complexity index is 1700. The number of para-hydroxylation sites is 3. The van der Waals surface area contributed by atoms with Crippen LogP contribution in [0.15, 0.2) is 103 Å². The summed E-state index contributed by atoms with van der Waals surface area (Å²) in [5.74, 6) is 5.08. The summed E-state index contributed by atoms with van der Waals surface area (Å²) in [6.45, 7) is 0.396. The predicted molar refractivity (Wildman–Crippen MR) is 153 cm³/mol. The average molecular weight is 534 g/mol. The quantitative estimate of drug-likeness (QED) is 0.186. The Morgan fingerprint density at radius 3 is 2.36 bits per heavy atom. The van der Waals surface area contributed by atoms with Crippen LogP contribution in [0.3, 0.4) is 0 Å². The van der Waals surface area contributed by atoms with Gasteiger partial charge in [0, 0.05) is 28.8 Å². The smallest absolute Gasteiger partial charge is 0.326 e. The number of aliphatic carboxylic acids is 1. The third kappa shape index (κ3) is 6.01. The minimum atomic E-state index is -1.01. The zero-order valence-electron chi connectivity index (χ0n) is 20.8. The number of aromatic nitrogens is 2. The Kier molecular flexibility index (Phi) is 7.72. The maximum absolute atomic E-state index is 13.0. The lowest BCUT2D eigenvalue weighted by molar-refractivity contribution is -0.137. The minimum absolute atomic E-state index is 0.171. The molecule has 1 aromatic heterocycles. The van der Waals surface area contributed by atoms with Crippen molar-refractivity contribution >= 4 is 40.1 Å². The lowest BCUT2D eigenvalue weighted by Crippen LogP contribution is -2.32. The van der Waals surface area contributed by atoms with Crippen LogP contribution in [0.2, 0.25) is 5.28 Å². The molecule has 0 unspecified atom stereocenters. The lowest BCUT2D eigenvalue weighted by atomic mass is 10.00. The third-order valence-electron chi connectivity index (χ3n) is 6.31. The minimum Gasteiger partial charge on any atom is -0.480 e. The van der Waals surface area contributed by atoms with Crippen LogP contribution in [0.5, 0.6) is 0 Å². The molecule has 0 saturated carbocycles. The zero-order valence-corrected chi connectivity index (χ0v) is 21.6. The number of halogens is 1. The molecule has 0 bridgehead atoms. The van der Waals surface area contributed by atoms with Crippen LogP contribution in [-0.2, 0) is 17.8 Å². The van der Waals surface area contributed by atoms with Crippen LogP contribution >= 0.6 is 11.6 Å². The number of fused-ring (bicyclic) bond motifs is 1. The summed E-state index contributed by atoms with van der Waals surface area (Å²) < 4.78 is 1.85. The molecule has 0 aliphatic heterocycles. The van der Waals surface area contributed by atoms with Crippen LogP contribution in [-0.4, -0.2) is 32.5 Å². The van der Waals surface area contributed by atoms with Crippen molar-refractivity contribution < 1.29 is 14.7 Å². The second kappa shape index (κ2) is 11.7. The van der Waals surface area contributed by atoms with E-state index < -0.39 is 12.0 Å². The normalized spacial score (nSPS) is 11.4. The molecule has 5 aromatic rings. The summed E-state index contributed by atoms with van der Waals surface area (Å²) in [6.07, 6.45) is 0.230. The Balaban J connectivity index is 1.28. The first kappa shape index (κ1) is 25.8. The van der Waals surface area contributed by atoms with Crippen molar-refractivity contribution in [3.63, 3.8) is 0 Å². The first-order valence-corrected chi connectivity index (χ1v) is 12.7. The second-order valence-electron chi connectivity index (χ2n) is 8.93. The summed E-state index contributed by atoms with van der Waals surface area (Å²) in [5.41, 5.74) is 4.82. The number of benzene rings is 4. The monoisotopic (exact) mass is 533 g/mol. The second-order valence-corrected chi connectivity index (χ2v) is 9.27. The van der Waals surface area contributed by atoms with Gasteiger partial charge in [-0.1, -0.05) is 78.6 Å². The molecule has 0 fully saturated rings. The molecule has 0 amide bonds. The number of carbonyl (C=O) groups is 2. The van der Waals surface area contributed by atoms with E-state index >= 15 is 0 Å². The van der Waals surface area contributed by atoms with E-state index in [-0.39, 0.29) is 12.2 Å². The number of hydrogen-bond donors (Lipinski definition) is 2. The van der Waals surface area contributed by atoms with Crippen molar-refractivity contribution in [2.75, 3.05) is 5.32 Å². The zero-order chi connectivity index (χ0) is 27.2. The first-order valence-electron chi connectivity index (χ1n) is 12.4. The van der Waals surface area contributed by atoms with Crippen molar-refractivity contribution in [2.45, 2.75) is 19.0 Å². The molecule has 192 valence electrons. The number of nitrogens with zero attached hydrogens (tertiary/aromatic N) is 2.